The van der Waals surface area contributed by atoms with Crippen LogP contribution in [0.4, 0.5) is 0 Å². The molecule has 0 fully saturated rings. The van der Waals surface area contributed by atoms with Gasteiger partial charge in [-0.2, -0.15) is 0 Å². The van der Waals surface area contributed by atoms with Crippen LogP contribution in [0.5, 0.6) is 0 Å². The maximum absolute atomic E-state index is 11.3. The highest BCUT2D eigenvalue weighted by molar-refractivity contribution is 7.15. The first-order chi connectivity index (χ1) is 9.63. The lowest BCUT2D eigenvalue weighted by atomic mass is 10.1. The van der Waals surface area contributed by atoms with Gasteiger partial charge in [-0.05, 0) is 53.2 Å². The van der Waals surface area contributed by atoms with Crippen LogP contribution in [0.2, 0.25) is 0 Å². The number of hydrogen-bond acceptors (Lipinski definition) is 5. The second-order valence-corrected chi connectivity index (χ2v) is 5.53. The van der Waals surface area contributed by atoms with Gasteiger partial charge in [-0.3, -0.25) is 0 Å². The van der Waals surface area contributed by atoms with Crippen molar-refractivity contribution in [3.8, 4) is 16.1 Å². The number of aromatic nitrogens is 4. The second kappa shape index (κ2) is 4.86. The molecule has 2 heterocycles. The number of thiophene rings is 1. The molecule has 0 aliphatic carbocycles. The molecule has 0 amide bonds. The first-order valence-electron chi connectivity index (χ1n) is 5.82. The first-order valence-corrected chi connectivity index (χ1v) is 6.64. The van der Waals surface area contributed by atoms with Gasteiger partial charge in [0.05, 0.1) is 11.3 Å². The molecule has 1 aromatic carbocycles. The number of hydrogen-bond donors (Lipinski definition) is 1. The van der Waals surface area contributed by atoms with Gasteiger partial charge in [0.2, 0.25) is 0 Å². The van der Waals surface area contributed by atoms with E-state index in [0.717, 1.165) is 10.4 Å². The molecule has 0 bridgehead atoms. The SMILES string of the molecule is Cc1ccc(-c2cc(C(=O)O)cc(-n3cnnn3)c2)s1. The normalized spacial score (nSPS) is 10.7. The van der Waals surface area contributed by atoms with Crippen molar-refractivity contribution in [1.82, 2.24) is 20.2 Å². The number of tetrazole rings is 1. The maximum Gasteiger partial charge on any atom is 0.335 e. The molecule has 0 spiro atoms. The van der Waals surface area contributed by atoms with Gasteiger partial charge in [-0.25, -0.2) is 9.48 Å². The third-order valence-corrected chi connectivity index (χ3v) is 3.85. The van der Waals surface area contributed by atoms with Crippen LogP contribution >= 0.6 is 11.3 Å². The number of aryl methyl sites for hydroxylation is 1. The van der Waals surface area contributed by atoms with Crippen molar-refractivity contribution in [2.45, 2.75) is 6.92 Å². The van der Waals surface area contributed by atoms with Crippen LogP contribution < -0.4 is 0 Å². The van der Waals surface area contributed by atoms with Crippen molar-refractivity contribution in [3.05, 3.63) is 47.1 Å². The summed E-state index contributed by atoms with van der Waals surface area (Å²) in [7, 11) is 0. The van der Waals surface area contributed by atoms with Crippen molar-refractivity contribution < 1.29 is 9.90 Å². The Balaban J connectivity index is 2.17. The fourth-order valence-corrected chi connectivity index (χ4v) is 2.73. The fraction of sp³-hybridized carbons (Fsp3) is 0.0769. The molecule has 100 valence electrons. The van der Waals surface area contributed by atoms with E-state index in [-0.39, 0.29) is 5.56 Å². The lowest BCUT2D eigenvalue weighted by molar-refractivity contribution is 0.0697. The molecule has 3 aromatic rings. The molecule has 0 saturated heterocycles. The van der Waals surface area contributed by atoms with E-state index < -0.39 is 5.97 Å². The Morgan fingerprint density at radius 1 is 1.30 bits per heavy atom. The van der Waals surface area contributed by atoms with Gasteiger partial charge in [0, 0.05) is 9.75 Å². The summed E-state index contributed by atoms with van der Waals surface area (Å²) < 4.78 is 1.44. The fourth-order valence-electron chi connectivity index (χ4n) is 1.88. The molecule has 0 atom stereocenters. The van der Waals surface area contributed by atoms with Gasteiger partial charge in [-0.15, -0.1) is 16.4 Å². The quantitative estimate of drug-likeness (QED) is 0.799. The minimum Gasteiger partial charge on any atom is -0.478 e. The van der Waals surface area contributed by atoms with Crippen LogP contribution in [-0.4, -0.2) is 31.3 Å². The molecule has 7 heteroatoms. The summed E-state index contributed by atoms with van der Waals surface area (Å²) in [6, 6.07) is 9.05. The minimum absolute atomic E-state index is 0.207. The maximum atomic E-state index is 11.3. The molecular formula is C13H10N4O2S. The molecule has 6 nitrogen and oxygen atoms in total. The largest absolute Gasteiger partial charge is 0.478 e. The number of nitrogens with zero attached hydrogens (tertiary/aromatic N) is 4. The minimum atomic E-state index is -0.977. The van der Waals surface area contributed by atoms with Gasteiger partial charge in [0.15, 0.2) is 0 Å². The van der Waals surface area contributed by atoms with Crippen LogP contribution in [0.3, 0.4) is 0 Å². The molecule has 1 N–H and O–H groups in total. The second-order valence-electron chi connectivity index (χ2n) is 4.24. The highest BCUT2D eigenvalue weighted by Crippen LogP contribution is 2.30. The van der Waals surface area contributed by atoms with Gasteiger partial charge in [0.25, 0.3) is 0 Å². The molecule has 0 radical (unpaired) electrons. The van der Waals surface area contributed by atoms with E-state index >= 15 is 0 Å². The Bertz CT molecular complexity index is 765. The van der Waals surface area contributed by atoms with Gasteiger partial charge >= 0.3 is 5.97 Å². The van der Waals surface area contributed by atoms with Gasteiger partial charge in [0.1, 0.15) is 6.33 Å². The standard InChI is InChI=1S/C13H10N4O2S/c1-8-2-3-12(20-8)9-4-10(13(18)19)6-11(5-9)17-7-14-15-16-17/h2-7H,1H3,(H,18,19). The van der Waals surface area contributed by atoms with Crippen molar-refractivity contribution >= 4 is 17.3 Å². The Morgan fingerprint density at radius 2 is 2.15 bits per heavy atom. The average Bonchev–Trinajstić information content (AvgIpc) is 3.09. The summed E-state index contributed by atoms with van der Waals surface area (Å²) in [4.78, 5) is 13.4. The Kier molecular flexibility index (Phi) is 3.03. The number of carboxylic acids is 1. The highest BCUT2D eigenvalue weighted by Gasteiger charge is 2.11. The average molecular weight is 286 g/mol. The molecule has 0 saturated carbocycles. The molecule has 0 aliphatic rings. The van der Waals surface area contributed by atoms with Crippen molar-refractivity contribution in [1.29, 1.82) is 0 Å². The zero-order chi connectivity index (χ0) is 14.1. The van der Waals surface area contributed by atoms with Crippen LogP contribution in [0, 0.1) is 6.92 Å². The van der Waals surface area contributed by atoms with Gasteiger partial charge in [-0.1, -0.05) is 0 Å². The summed E-state index contributed by atoms with van der Waals surface area (Å²) in [5, 5.41) is 20.2. The van der Waals surface area contributed by atoms with Crippen LogP contribution in [-0.2, 0) is 0 Å². The predicted molar refractivity (Wildman–Crippen MR) is 74.2 cm³/mol. The van der Waals surface area contributed by atoms with E-state index in [1.54, 1.807) is 23.5 Å². The Labute approximate surface area is 118 Å². The van der Waals surface area contributed by atoms with Gasteiger partial charge < -0.3 is 5.11 Å². The van der Waals surface area contributed by atoms with Crippen LogP contribution in [0.25, 0.3) is 16.1 Å². The third-order valence-electron chi connectivity index (χ3n) is 2.80. The summed E-state index contributed by atoms with van der Waals surface area (Å²) >= 11 is 1.61. The van der Waals surface area contributed by atoms with Crippen LogP contribution in [0.15, 0.2) is 36.7 Å². The van der Waals surface area contributed by atoms with E-state index in [1.807, 2.05) is 25.1 Å². The molecule has 3 rings (SSSR count). The van der Waals surface area contributed by atoms with E-state index in [2.05, 4.69) is 15.5 Å². The molecule has 2 aromatic heterocycles. The smallest absolute Gasteiger partial charge is 0.335 e. The summed E-state index contributed by atoms with van der Waals surface area (Å²) in [6.07, 6.45) is 1.43. The van der Waals surface area contributed by atoms with Crippen molar-refractivity contribution in [3.63, 3.8) is 0 Å². The van der Waals surface area contributed by atoms with Crippen molar-refractivity contribution in [2.24, 2.45) is 0 Å². The number of benzene rings is 1. The van der Waals surface area contributed by atoms with E-state index in [9.17, 15) is 9.90 Å². The lowest BCUT2D eigenvalue weighted by Crippen LogP contribution is -2.01. The van der Waals surface area contributed by atoms with Crippen molar-refractivity contribution in [2.75, 3.05) is 0 Å². The topological polar surface area (TPSA) is 80.9 Å². The molecule has 0 unspecified atom stereocenters. The monoisotopic (exact) mass is 286 g/mol. The van der Waals surface area contributed by atoms with E-state index in [0.29, 0.717) is 5.69 Å². The first kappa shape index (κ1) is 12.5. The summed E-state index contributed by atoms with van der Waals surface area (Å²) in [5.41, 5.74) is 1.67. The zero-order valence-corrected chi connectivity index (χ0v) is 11.3. The zero-order valence-electron chi connectivity index (χ0n) is 10.5. The molecule has 0 aliphatic heterocycles. The van der Waals surface area contributed by atoms with E-state index in [1.165, 1.54) is 15.9 Å². The Morgan fingerprint density at radius 3 is 2.75 bits per heavy atom. The number of rotatable bonds is 3. The predicted octanol–water partition coefficient (Wildman–Crippen LogP) is 2.40. The molecule has 20 heavy (non-hydrogen) atoms. The van der Waals surface area contributed by atoms with Crippen LogP contribution in [0.1, 0.15) is 15.2 Å². The summed E-state index contributed by atoms with van der Waals surface area (Å²) in [5.74, 6) is -0.977. The lowest BCUT2D eigenvalue weighted by Gasteiger charge is -2.05. The van der Waals surface area contributed by atoms with E-state index in [4.69, 9.17) is 0 Å². The summed E-state index contributed by atoms with van der Waals surface area (Å²) in [6.45, 7) is 2.01. The molecular weight excluding hydrogens is 276 g/mol. The number of aromatic carboxylic acids is 1. The highest BCUT2D eigenvalue weighted by atomic mass is 32.1. The number of carboxylic acid groups (broad SMARTS) is 1. The number of carbonyl (C=O) groups is 1. The third kappa shape index (κ3) is 2.30. The Hall–Kier alpha value is -2.54.